The molecule has 0 radical (unpaired) electrons. The first-order chi connectivity index (χ1) is 10.1. The Labute approximate surface area is 124 Å². The Bertz CT molecular complexity index is 473. The van der Waals surface area contributed by atoms with Crippen molar-refractivity contribution in [1.82, 2.24) is 20.4 Å². The molecule has 1 aromatic rings. The second kappa shape index (κ2) is 7.24. The summed E-state index contributed by atoms with van der Waals surface area (Å²) in [6.45, 7) is 2.61. The van der Waals surface area contributed by atoms with Crippen LogP contribution in [0.3, 0.4) is 0 Å². The summed E-state index contributed by atoms with van der Waals surface area (Å²) in [6.07, 6.45) is 1.57. The molecule has 2 rings (SSSR count). The Balaban J connectivity index is 1.86. The third-order valence-corrected chi connectivity index (χ3v) is 3.47. The summed E-state index contributed by atoms with van der Waals surface area (Å²) in [7, 11) is 3.46. The minimum atomic E-state index is -0.289. The van der Waals surface area contributed by atoms with Crippen LogP contribution in [0.25, 0.3) is 0 Å². The summed E-state index contributed by atoms with van der Waals surface area (Å²) in [5.41, 5.74) is 0. The van der Waals surface area contributed by atoms with Crippen LogP contribution in [-0.2, 0) is 16.1 Å². The number of nitrogens with one attached hydrogen (secondary N) is 2. The Morgan fingerprint density at radius 2 is 2.33 bits per heavy atom. The molecular formula is C14H22N4O3. The fourth-order valence-electron chi connectivity index (χ4n) is 2.32. The molecule has 1 aliphatic rings. The highest BCUT2D eigenvalue weighted by atomic mass is 16.3. The van der Waals surface area contributed by atoms with Crippen LogP contribution in [0.1, 0.15) is 5.76 Å². The Hall–Kier alpha value is -1.86. The molecule has 116 valence electrons. The van der Waals surface area contributed by atoms with Gasteiger partial charge in [-0.25, -0.2) is 0 Å². The van der Waals surface area contributed by atoms with E-state index in [2.05, 4.69) is 10.6 Å². The van der Waals surface area contributed by atoms with Gasteiger partial charge in [-0.3, -0.25) is 14.5 Å². The Morgan fingerprint density at radius 1 is 1.52 bits per heavy atom. The van der Waals surface area contributed by atoms with E-state index in [1.165, 1.54) is 0 Å². The highest BCUT2D eigenvalue weighted by molar-refractivity contribution is 5.83. The second-order valence-electron chi connectivity index (χ2n) is 5.28. The molecule has 2 N–H and O–H groups in total. The fourth-order valence-corrected chi connectivity index (χ4v) is 2.32. The number of carbonyl (C=O) groups is 2. The number of hydrogen-bond donors (Lipinski definition) is 2. The van der Waals surface area contributed by atoms with Gasteiger partial charge >= 0.3 is 0 Å². The molecule has 2 amide bonds. The molecule has 21 heavy (non-hydrogen) atoms. The summed E-state index contributed by atoms with van der Waals surface area (Å²) in [5.74, 6) is 0.621. The number of hydrogen-bond acceptors (Lipinski definition) is 5. The lowest BCUT2D eigenvalue weighted by molar-refractivity contribution is -0.136. The molecule has 0 spiro atoms. The van der Waals surface area contributed by atoms with E-state index in [1.807, 2.05) is 11.0 Å². The van der Waals surface area contributed by atoms with E-state index >= 15 is 0 Å². The lowest BCUT2D eigenvalue weighted by atomic mass is 10.1. The van der Waals surface area contributed by atoms with Crippen molar-refractivity contribution in [2.45, 2.75) is 12.6 Å². The van der Waals surface area contributed by atoms with Crippen LogP contribution in [0, 0.1) is 0 Å². The fraction of sp³-hybridized carbons (Fsp3) is 0.571. The summed E-state index contributed by atoms with van der Waals surface area (Å²) in [4.78, 5) is 27.6. The molecule has 1 fully saturated rings. The second-order valence-corrected chi connectivity index (χ2v) is 5.28. The molecular weight excluding hydrogens is 272 g/mol. The molecule has 1 saturated heterocycles. The summed E-state index contributed by atoms with van der Waals surface area (Å²) < 4.78 is 5.17. The van der Waals surface area contributed by atoms with Gasteiger partial charge < -0.3 is 20.0 Å². The largest absolute Gasteiger partial charge is 0.467 e. The van der Waals surface area contributed by atoms with Crippen molar-refractivity contribution >= 4 is 11.8 Å². The quantitative estimate of drug-likeness (QED) is 0.748. The SMILES string of the molecule is CN(C)C(=O)C1CNCCN1CC(=O)NCc1ccco1. The number of likely N-dealkylation sites (N-methyl/N-ethyl adjacent to an activating group) is 1. The van der Waals surface area contributed by atoms with Crippen LogP contribution in [0.2, 0.25) is 0 Å². The monoisotopic (exact) mass is 294 g/mol. The van der Waals surface area contributed by atoms with Crippen molar-refractivity contribution < 1.29 is 14.0 Å². The number of amides is 2. The van der Waals surface area contributed by atoms with Gasteiger partial charge in [0.1, 0.15) is 11.8 Å². The molecule has 0 aromatic carbocycles. The van der Waals surface area contributed by atoms with Crippen LogP contribution in [-0.4, -0.2) is 67.9 Å². The standard InChI is InChI=1S/C14H22N4O3/c1-17(2)14(20)12-9-15-5-6-18(12)10-13(19)16-8-11-4-3-7-21-11/h3-4,7,12,15H,5-6,8-10H2,1-2H3,(H,16,19). The predicted octanol–water partition coefficient (Wildman–Crippen LogP) is -0.742. The lowest BCUT2D eigenvalue weighted by Gasteiger charge is -2.35. The molecule has 1 atom stereocenters. The van der Waals surface area contributed by atoms with E-state index in [9.17, 15) is 9.59 Å². The van der Waals surface area contributed by atoms with Gasteiger partial charge in [0.2, 0.25) is 11.8 Å². The van der Waals surface area contributed by atoms with Crippen LogP contribution < -0.4 is 10.6 Å². The molecule has 0 bridgehead atoms. The topological polar surface area (TPSA) is 77.8 Å². The van der Waals surface area contributed by atoms with Gasteiger partial charge in [0.05, 0.1) is 19.4 Å². The first kappa shape index (κ1) is 15.5. The highest BCUT2D eigenvalue weighted by Gasteiger charge is 2.30. The number of nitrogens with zero attached hydrogens (tertiary/aromatic N) is 2. The van der Waals surface area contributed by atoms with Crippen molar-refractivity contribution in [3.8, 4) is 0 Å². The normalized spacial score (nSPS) is 19.2. The Kier molecular flexibility index (Phi) is 5.35. The predicted molar refractivity (Wildman–Crippen MR) is 77.5 cm³/mol. The smallest absolute Gasteiger partial charge is 0.240 e. The van der Waals surface area contributed by atoms with E-state index in [0.717, 1.165) is 6.54 Å². The average molecular weight is 294 g/mol. The van der Waals surface area contributed by atoms with Crippen molar-refractivity contribution in [2.75, 3.05) is 40.3 Å². The number of furan rings is 1. The maximum Gasteiger partial charge on any atom is 0.240 e. The minimum Gasteiger partial charge on any atom is -0.467 e. The Morgan fingerprint density at radius 3 is 3.00 bits per heavy atom. The molecule has 1 unspecified atom stereocenters. The first-order valence-corrected chi connectivity index (χ1v) is 7.03. The van der Waals surface area contributed by atoms with E-state index in [1.54, 1.807) is 31.3 Å². The molecule has 7 nitrogen and oxygen atoms in total. The maximum atomic E-state index is 12.1. The molecule has 7 heteroatoms. The number of piperazine rings is 1. The van der Waals surface area contributed by atoms with Gasteiger partial charge in [-0.05, 0) is 12.1 Å². The number of rotatable bonds is 5. The van der Waals surface area contributed by atoms with Gasteiger partial charge in [0.15, 0.2) is 0 Å². The van der Waals surface area contributed by atoms with E-state index < -0.39 is 0 Å². The van der Waals surface area contributed by atoms with Crippen molar-refractivity contribution in [3.05, 3.63) is 24.2 Å². The van der Waals surface area contributed by atoms with Gasteiger partial charge in [-0.2, -0.15) is 0 Å². The molecule has 0 saturated carbocycles. The average Bonchev–Trinajstić information content (AvgIpc) is 2.98. The molecule has 1 aliphatic heterocycles. The van der Waals surface area contributed by atoms with Crippen LogP contribution in [0.4, 0.5) is 0 Å². The van der Waals surface area contributed by atoms with Crippen molar-refractivity contribution in [3.63, 3.8) is 0 Å². The van der Waals surface area contributed by atoms with Gasteiger partial charge in [0.25, 0.3) is 0 Å². The van der Waals surface area contributed by atoms with Crippen LogP contribution in [0.15, 0.2) is 22.8 Å². The zero-order chi connectivity index (χ0) is 15.2. The van der Waals surface area contributed by atoms with E-state index in [0.29, 0.717) is 25.4 Å². The van der Waals surface area contributed by atoms with Crippen LogP contribution >= 0.6 is 0 Å². The van der Waals surface area contributed by atoms with Crippen molar-refractivity contribution in [1.29, 1.82) is 0 Å². The van der Waals surface area contributed by atoms with E-state index in [4.69, 9.17) is 4.42 Å². The zero-order valence-electron chi connectivity index (χ0n) is 12.5. The minimum absolute atomic E-state index is 0.0148. The van der Waals surface area contributed by atoms with Gasteiger partial charge in [-0.15, -0.1) is 0 Å². The third-order valence-electron chi connectivity index (χ3n) is 3.47. The maximum absolute atomic E-state index is 12.1. The van der Waals surface area contributed by atoms with E-state index in [-0.39, 0.29) is 24.4 Å². The molecule has 2 heterocycles. The third kappa shape index (κ3) is 4.30. The molecule has 0 aliphatic carbocycles. The van der Waals surface area contributed by atoms with Crippen LogP contribution in [0.5, 0.6) is 0 Å². The molecule has 1 aromatic heterocycles. The number of carbonyl (C=O) groups excluding carboxylic acids is 2. The summed E-state index contributed by atoms with van der Waals surface area (Å²) in [5, 5.41) is 5.99. The first-order valence-electron chi connectivity index (χ1n) is 7.03. The zero-order valence-corrected chi connectivity index (χ0v) is 12.5. The lowest BCUT2D eigenvalue weighted by Crippen LogP contribution is -2.59. The van der Waals surface area contributed by atoms with Gasteiger partial charge in [0, 0.05) is 33.7 Å². The highest BCUT2D eigenvalue weighted by Crippen LogP contribution is 2.06. The van der Waals surface area contributed by atoms with Gasteiger partial charge in [-0.1, -0.05) is 0 Å². The summed E-state index contributed by atoms with van der Waals surface area (Å²) >= 11 is 0. The summed E-state index contributed by atoms with van der Waals surface area (Å²) in [6, 6.07) is 3.30. The van der Waals surface area contributed by atoms with Crippen molar-refractivity contribution in [2.24, 2.45) is 0 Å².